The fourth-order valence-electron chi connectivity index (χ4n) is 8.81. The number of benzene rings is 1. The topological polar surface area (TPSA) is 108 Å². The van der Waals surface area contributed by atoms with E-state index >= 15 is 0 Å². The van der Waals surface area contributed by atoms with Gasteiger partial charge in [0.1, 0.15) is 22.8 Å². The number of amides is 1. The number of alkyl halides is 3. The third-order valence-electron chi connectivity index (χ3n) is 11.6. The Bertz CT molecular complexity index is 2070. The van der Waals surface area contributed by atoms with Crippen LogP contribution in [0, 0.1) is 5.41 Å². The molecule has 1 aliphatic carbocycles. The molecule has 6 heterocycles. The Kier molecular flexibility index (Phi) is 9.92. The van der Waals surface area contributed by atoms with Gasteiger partial charge >= 0.3 is 12.3 Å². The lowest BCUT2D eigenvalue weighted by Crippen LogP contribution is -2.62. The number of ether oxygens (including phenoxy) is 3. The van der Waals surface area contributed by atoms with Crippen LogP contribution in [0.1, 0.15) is 109 Å². The highest BCUT2D eigenvalue weighted by atomic mass is 19.4. The van der Waals surface area contributed by atoms with Crippen molar-refractivity contribution in [2.45, 2.75) is 109 Å². The summed E-state index contributed by atoms with van der Waals surface area (Å²) in [6, 6.07) is 1.93. The van der Waals surface area contributed by atoms with E-state index < -0.39 is 18.4 Å². The fourth-order valence-corrected chi connectivity index (χ4v) is 8.81. The van der Waals surface area contributed by atoms with Gasteiger partial charge in [-0.25, -0.2) is 19.4 Å². The van der Waals surface area contributed by atoms with Crippen molar-refractivity contribution in [3.8, 4) is 16.9 Å². The Morgan fingerprint density at radius 1 is 1.00 bits per heavy atom. The summed E-state index contributed by atoms with van der Waals surface area (Å²) in [5, 5.41) is 6.01. The monoisotopic (exact) mass is 761 g/mol. The van der Waals surface area contributed by atoms with Crippen LogP contribution in [0.3, 0.4) is 0 Å². The third kappa shape index (κ3) is 7.58. The molecule has 294 valence electrons. The second kappa shape index (κ2) is 14.6. The Morgan fingerprint density at radius 3 is 2.42 bits per heavy atom. The van der Waals surface area contributed by atoms with Gasteiger partial charge in [0.25, 0.3) is 0 Å². The number of rotatable bonds is 7. The summed E-state index contributed by atoms with van der Waals surface area (Å²) in [6.07, 6.45) is 11.1. The quantitative estimate of drug-likeness (QED) is 0.182. The Hall–Kier alpha value is -4.46. The van der Waals surface area contributed by atoms with Crippen molar-refractivity contribution in [2.24, 2.45) is 5.41 Å². The van der Waals surface area contributed by atoms with Gasteiger partial charge in [0.05, 0.1) is 17.9 Å². The van der Waals surface area contributed by atoms with Gasteiger partial charge in [0.2, 0.25) is 0 Å². The number of carbonyl (C=O) groups is 1. The van der Waals surface area contributed by atoms with E-state index in [1.165, 1.54) is 0 Å². The average molecular weight is 762 g/mol. The van der Waals surface area contributed by atoms with Gasteiger partial charge < -0.3 is 24.0 Å². The van der Waals surface area contributed by atoms with Crippen LogP contribution in [0.4, 0.5) is 23.8 Å². The predicted octanol–water partition coefficient (Wildman–Crippen LogP) is 9.21. The number of anilines is 1. The first kappa shape index (κ1) is 37.5. The van der Waals surface area contributed by atoms with Crippen LogP contribution in [0.5, 0.6) is 5.75 Å². The second-order valence-corrected chi connectivity index (χ2v) is 16.8. The predicted molar refractivity (Wildman–Crippen MR) is 204 cm³/mol. The van der Waals surface area contributed by atoms with Crippen LogP contribution in [-0.4, -0.2) is 86.9 Å². The molecule has 0 bridgehead atoms. The molecular formula is C41H50F3N7O4. The zero-order valence-electron chi connectivity index (χ0n) is 32.0. The minimum atomic E-state index is -4.60. The summed E-state index contributed by atoms with van der Waals surface area (Å²) in [5.41, 5.74) is 2.08. The molecule has 1 atom stereocenters. The third-order valence-corrected chi connectivity index (χ3v) is 11.6. The van der Waals surface area contributed by atoms with Gasteiger partial charge in [-0.15, -0.1) is 0 Å². The van der Waals surface area contributed by atoms with Crippen molar-refractivity contribution in [1.82, 2.24) is 29.6 Å². The van der Waals surface area contributed by atoms with Crippen molar-refractivity contribution in [3.63, 3.8) is 0 Å². The number of piperidine rings is 1. The van der Waals surface area contributed by atoms with Gasteiger partial charge in [0, 0.05) is 72.2 Å². The molecule has 4 fully saturated rings. The molecule has 14 heteroatoms. The minimum Gasteiger partial charge on any atom is -0.481 e. The summed E-state index contributed by atoms with van der Waals surface area (Å²) < 4.78 is 61.6. The highest BCUT2D eigenvalue weighted by Gasteiger charge is 2.48. The van der Waals surface area contributed by atoms with Crippen molar-refractivity contribution in [3.05, 3.63) is 42.6 Å². The molecular weight excluding hydrogens is 711 g/mol. The lowest BCUT2D eigenvalue weighted by molar-refractivity contribution is -0.153. The molecule has 4 aliphatic rings. The number of fused-ring (bicyclic) bond motifs is 2. The van der Waals surface area contributed by atoms with Gasteiger partial charge in [-0.3, -0.25) is 4.98 Å². The van der Waals surface area contributed by atoms with Crippen molar-refractivity contribution in [2.75, 3.05) is 44.3 Å². The van der Waals surface area contributed by atoms with Crippen LogP contribution in [0.15, 0.2) is 31.2 Å². The van der Waals surface area contributed by atoms with Gasteiger partial charge in [-0.05, 0) is 77.3 Å². The molecule has 3 aromatic heterocycles. The first-order chi connectivity index (χ1) is 26.3. The maximum Gasteiger partial charge on any atom is 0.422 e. The van der Waals surface area contributed by atoms with Crippen molar-refractivity contribution < 1.29 is 32.2 Å². The maximum absolute atomic E-state index is 14.1. The molecule has 0 N–H and O–H groups in total. The first-order valence-corrected chi connectivity index (χ1v) is 19.7. The smallest absolute Gasteiger partial charge is 0.422 e. The number of aromatic nitrogens is 5. The summed E-state index contributed by atoms with van der Waals surface area (Å²) >= 11 is 0. The zero-order chi connectivity index (χ0) is 38.5. The molecule has 1 unspecified atom stereocenters. The highest BCUT2D eigenvalue weighted by Crippen LogP contribution is 2.48. The van der Waals surface area contributed by atoms with E-state index in [9.17, 15) is 18.0 Å². The van der Waals surface area contributed by atoms with Gasteiger partial charge in [-0.2, -0.15) is 18.3 Å². The molecule has 11 nitrogen and oxygen atoms in total. The first-order valence-electron chi connectivity index (χ1n) is 19.7. The number of hydrogen-bond acceptors (Lipinski definition) is 9. The normalized spacial score (nSPS) is 20.9. The lowest BCUT2D eigenvalue weighted by Gasteiger charge is -2.53. The second-order valence-electron chi connectivity index (χ2n) is 16.8. The van der Waals surface area contributed by atoms with E-state index in [-0.39, 0.29) is 29.4 Å². The van der Waals surface area contributed by atoms with E-state index in [4.69, 9.17) is 24.2 Å². The van der Waals surface area contributed by atoms with Crippen molar-refractivity contribution in [1.29, 1.82) is 0 Å². The number of pyridine rings is 1. The minimum absolute atomic E-state index is 0.0122. The Morgan fingerprint density at radius 2 is 1.75 bits per heavy atom. The van der Waals surface area contributed by atoms with Gasteiger partial charge in [0.15, 0.2) is 18.6 Å². The highest BCUT2D eigenvalue weighted by molar-refractivity contribution is 6.06. The number of hydrogen-bond donors (Lipinski definition) is 0. The number of likely N-dealkylation sites (tertiary alicyclic amines) is 1. The largest absolute Gasteiger partial charge is 0.481 e. The zero-order valence-corrected chi connectivity index (χ0v) is 32.0. The Labute approximate surface area is 319 Å². The fraction of sp³-hybridized carbons (Fsp3) is 0.585. The average Bonchev–Trinajstić information content (AvgIpc) is 3.60. The summed E-state index contributed by atoms with van der Waals surface area (Å²) in [5.74, 6) is 1.43. The standard InChI is InChI=1S/C41H50F3N7O4/c1-5-26-19-28-34(35(54-25-41(42,43)44)33(26)30-20-45-22-31-29(30)21-46-51(31)32-13-9-10-18-53-32)47-36(27-11-7-6-8-12-27)48-37(28)49-16-14-40(15-17-49)23-50(24-40)38(52)55-39(2,3)4/h5,19-22,27,32H,1,6-18,23-25H2,2-4H3. The van der Waals surface area contributed by atoms with Gasteiger partial charge in [-0.1, -0.05) is 31.9 Å². The number of nitrogens with zero attached hydrogens (tertiary/aromatic N) is 7. The molecule has 1 saturated carbocycles. The van der Waals surface area contributed by atoms with E-state index in [0.717, 1.165) is 69.7 Å². The van der Waals surface area contributed by atoms with E-state index in [1.54, 1.807) is 29.6 Å². The molecule has 1 spiro atoms. The molecule has 1 amide bonds. The summed E-state index contributed by atoms with van der Waals surface area (Å²) in [7, 11) is 0. The van der Waals surface area contributed by atoms with Crippen LogP contribution < -0.4 is 9.64 Å². The molecule has 3 saturated heterocycles. The SMILES string of the molecule is C=Cc1cc2c(N3CCC4(CC3)CN(C(=O)OC(C)(C)C)C4)nc(C3CCCCC3)nc2c(OCC(F)(F)F)c1-c1cncc2c1cnn2C1CCCCO1. The van der Waals surface area contributed by atoms with Crippen molar-refractivity contribution >= 4 is 39.8 Å². The molecule has 0 radical (unpaired) electrons. The summed E-state index contributed by atoms with van der Waals surface area (Å²) in [6.45, 7) is 11.5. The van der Waals surface area contributed by atoms with E-state index in [1.807, 2.05) is 31.5 Å². The van der Waals surface area contributed by atoms with Crippen LogP contribution >= 0.6 is 0 Å². The lowest BCUT2D eigenvalue weighted by atomic mass is 9.72. The molecule has 55 heavy (non-hydrogen) atoms. The van der Waals surface area contributed by atoms with Crippen LogP contribution in [0.25, 0.3) is 39.0 Å². The van der Waals surface area contributed by atoms with E-state index in [0.29, 0.717) is 77.4 Å². The number of halogens is 3. The molecule has 1 aromatic carbocycles. The van der Waals surface area contributed by atoms with E-state index in [2.05, 4.69) is 21.6 Å². The molecule has 4 aromatic rings. The molecule has 3 aliphatic heterocycles. The maximum atomic E-state index is 14.1. The molecule has 8 rings (SSSR count). The Balaban J connectivity index is 1.23. The number of carbonyl (C=O) groups excluding carboxylic acids is 1. The van der Waals surface area contributed by atoms with Crippen LogP contribution in [0.2, 0.25) is 0 Å². The summed E-state index contributed by atoms with van der Waals surface area (Å²) in [4.78, 5) is 31.6. The van der Waals surface area contributed by atoms with Crippen LogP contribution in [-0.2, 0) is 9.47 Å².